The number of hydrogen-bond acceptors (Lipinski definition) is 3. The highest BCUT2D eigenvalue weighted by molar-refractivity contribution is 7.98. The third-order valence-corrected chi connectivity index (χ3v) is 5.89. The first kappa shape index (κ1) is 16.8. The van der Waals surface area contributed by atoms with E-state index >= 15 is 0 Å². The summed E-state index contributed by atoms with van der Waals surface area (Å²) in [5.74, 6) is 0.928. The molecule has 0 saturated heterocycles. The molecule has 3 rings (SSSR count). The maximum atomic E-state index is 11.6. The van der Waals surface area contributed by atoms with Gasteiger partial charge in [-0.25, -0.2) is 8.42 Å². The highest BCUT2D eigenvalue weighted by Gasteiger charge is 2.07. The van der Waals surface area contributed by atoms with Crippen molar-refractivity contribution in [3.8, 4) is 11.1 Å². The Hall–Kier alpha value is -2.04. The molecule has 0 heterocycles. The number of rotatable bonds is 5. The number of hydrogen-bond donors (Lipinski definition) is 0. The molecule has 0 spiro atoms. The minimum Gasteiger partial charge on any atom is -0.224 e. The van der Waals surface area contributed by atoms with Crippen molar-refractivity contribution in [3.05, 3.63) is 84.4 Å². The Kier molecular flexibility index (Phi) is 5.07. The molecule has 0 aliphatic heterocycles. The predicted molar refractivity (Wildman–Crippen MR) is 101 cm³/mol. The van der Waals surface area contributed by atoms with Gasteiger partial charge < -0.3 is 0 Å². The molecule has 0 atom stereocenters. The van der Waals surface area contributed by atoms with Crippen molar-refractivity contribution in [2.24, 2.45) is 0 Å². The van der Waals surface area contributed by atoms with Crippen molar-refractivity contribution in [2.45, 2.75) is 15.5 Å². The maximum Gasteiger partial charge on any atom is 0.175 e. The average molecular weight is 354 g/mol. The zero-order valence-corrected chi connectivity index (χ0v) is 15.0. The normalized spacial score (nSPS) is 11.4. The molecule has 4 heteroatoms. The molecular weight excluding hydrogens is 336 g/mol. The summed E-state index contributed by atoms with van der Waals surface area (Å²) < 4.78 is 23.1. The smallest absolute Gasteiger partial charge is 0.175 e. The minimum atomic E-state index is -3.15. The van der Waals surface area contributed by atoms with Crippen LogP contribution >= 0.6 is 11.8 Å². The summed E-state index contributed by atoms with van der Waals surface area (Å²) in [6.07, 6.45) is 1.23. The fourth-order valence-electron chi connectivity index (χ4n) is 2.40. The van der Waals surface area contributed by atoms with Crippen molar-refractivity contribution >= 4 is 21.6 Å². The third-order valence-electron chi connectivity index (χ3n) is 3.70. The number of thioether (sulfide) groups is 1. The molecule has 2 nitrogen and oxygen atoms in total. The van der Waals surface area contributed by atoms with Crippen molar-refractivity contribution < 1.29 is 8.42 Å². The lowest BCUT2D eigenvalue weighted by Gasteiger charge is -2.07. The van der Waals surface area contributed by atoms with Crippen LogP contribution in [0.25, 0.3) is 11.1 Å². The highest BCUT2D eigenvalue weighted by Crippen LogP contribution is 2.28. The van der Waals surface area contributed by atoms with Gasteiger partial charge in [-0.1, -0.05) is 54.6 Å². The Morgan fingerprint density at radius 1 is 0.792 bits per heavy atom. The molecule has 0 aliphatic rings. The lowest BCUT2D eigenvalue weighted by Crippen LogP contribution is -1.96. The van der Waals surface area contributed by atoms with Crippen LogP contribution in [0, 0.1) is 0 Å². The molecule has 0 N–H and O–H groups in total. The molecule has 3 aromatic carbocycles. The van der Waals surface area contributed by atoms with Gasteiger partial charge in [0.25, 0.3) is 0 Å². The molecule has 24 heavy (non-hydrogen) atoms. The van der Waals surface area contributed by atoms with Crippen LogP contribution in [0.15, 0.2) is 88.7 Å². The second-order valence-corrected chi connectivity index (χ2v) is 8.66. The van der Waals surface area contributed by atoms with Crippen LogP contribution in [0.4, 0.5) is 0 Å². The SMILES string of the molecule is CS(=O)(=O)c1ccc(-c2cccc(SCc3ccccc3)c2)cc1. The lowest BCUT2D eigenvalue weighted by atomic mass is 10.1. The van der Waals surface area contributed by atoms with Crippen LogP contribution in [-0.2, 0) is 15.6 Å². The molecular formula is C20H18O2S2. The number of sulfone groups is 1. The molecule has 0 bridgehead atoms. The van der Waals surface area contributed by atoms with E-state index in [9.17, 15) is 8.42 Å². The van der Waals surface area contributed by atoms with E-state index < -0.39 is 9.84 Å². The predicted octanol–water partition coefficient (Wildman–Crippen LogP) is 5.05. The number of benzene rings is 3. The second-order valence-electron chi connectivity index (χ2n) is 5.60. The van der Waals surface area contributed by atoms with Gasteiger partial charge in [0, 0.05) is 16.9 Å². The molecule has 0 fully saturated rings. The zero-order chi connectivity index (χ0) is 17.0. The van der Waals surface area contributed by atoms with E-state index in [0.29, 0.717) is 4.90 Å². The van der Waals surface area contributed by atoms with Gasteiger partial charge in [-0.05, 0) is 41.0 Å². The monoisotopic (exact) mass is 354 g/mol. The Labute approximate surface area is 147 Å². The van der Waals surface area contributed by atoms with E-state index in [4.69, 9.17) is 0 Å². The van der Waals surface area contributed by atoms with Gasteiger partial charge in [-0.3, -0.25) is 0 Å². The second kappa shape index (κ2) is 7.24. The van der Waals surface area contributed by atoms with Gasteiger partial charge in [-0.2, -0.15) is 0 Å². The quantitative estimate of drug-likeness (QED) is 0.601. The molecule has 0 aromatic heterocycles. The molecule has 122 valence electrons. The van der Waals surface area contributed by atoms with E-state index in [-0.39, 0.29) is 0 Å². The average Bonchev–Trinajstić information content (AvgIpc) is 2.60. The fourth-order valence-corrected chi connectivity index (χ4v) is 3.94. The van der Waals surface area contributed by atoms with Crippen LogP contribution in [0.1, 0.15) is 5.56 Å². The topological polar surface area (TPSA) is 34.1 Å². The first-order valence-electron chi connectivity index (χ1n) is 7.60. The minimum absolute atomic E-state index is 0.348. The molecule has 0 saturated carbocycles. The maximum absolute atomic E-state index is 11.6. The summed E-state index contributed by atoms with van der Waals surface area (Å²) in [6, 6.07) is 25.7. The van der Waals surface area contributed by atoms with E-state index in [2.05, 4.69) is 36.4 Å². The molecule has 0 unspecified atom stereocenters. The molecule has 3 aromatic rings. The zero-order valence-electron chi connectivity index (χ0n) is 13.3. The third kappa shape index (κ3) is 4.28. The van der Waals surface area contributed by atoms with Gasteiger partial charge in [0.15, 0.2) is 9.84 Å². The van der Waals surface area contributed by atoms with Crippen molar-refractivity contribution in [1.82, 2.24) is 0 Å². The summed E-state index contributed by atoms with van der Waals surface area (Å²) in [5, 5.41) is 0. The summed E-state index contributed by atoms with van der Waals surface area (Å²) in [4.78, 5) is 1.55. The van der Waals surface area contributed by atoms with E-state index in [1.165, 1.54) is 16.7 Å². The van der Waals surface area contributed by atoms with Gasteiger partial charge in [0.05, 0.1) is 4.90 Å². The Bertz CT molecular complexity index is 915. The first-order valence-corrected chi connectivity index (χ1v) is 10.5. The lowest BCUT2D eigenvalue weighted by molar-refractivity contribution is 0.602. The van der Waals surface area contributed by atoms with Crippen LogP contribution in [-0.4, -0.2) is 14.7 Å². The van der Waals surface area contributed by atoms with Crippen molar-refractivity contribution in [3.63, 3.8) is 0 Å². The highest BCUT2D eigenvalue weighted by atomic mass is 32.2. The van der Waals surface area contributed by atoms with E-state index in [1.54, 1.807) is 23.9 Å². The molecule has 0 radical (unpaired) electrons. The largest absolute Gasteiger partial charge is 0.224 e. The van der Waals surface area contributed by atoms with Crippen LogP contribution in [0.3, 0.4) is 0 Å². The molecule has 0 amide bonds. The van der Waals surface area contributed by atoms with Gasteiger partial charge in [0.1, 0.15) is 0 Å². The van der Waals surface area contributed by atoms with Gasteiger partial charge in [0.2, 0.25) is 0 Å². The Morgan fingerprint density at radius 2 is 1.50 bits per heavy atom. The van der Waals surface area contributed by atoms with Crippen molar-refractivity contribution in [2.75, 3.05) is 6.26 Å². The Balaban J connectivity index is 1.77. The van der Waals surface area contributed by atoms with E-state index in [0.717, 1.165) is 16.9 Å². The standard InChI is InChI=1S/C20H18O2S2/c1-24(21,22)20-12-10-17(11-13-20)18-8-5-9-19(14-18)23-15-16-6-3-2-4-7-16/h2-14H,15H2,1H3. The van der Waals surface area contributed by atoms with Gasteiger partial charge in [-0.15, -0.1) is 11.8 Å². The molecule has 0 aliphatic carbocycles. The summed E-state index contributed by atoms with van der Waals surface area (Å²) >= 11 is 1.79. The van der Waals surface area contributed by atoms with Gasteiger partial charge >= 0.3 is 0 Å². The summed E-state index contributed by atoms with van der Waals surface area (Å²) in [7, 11) is -3.15. The van der Waals surface area contributed by atoms with Crippen LogP contribution < -0.4 is 0 Å². The summed E-state index contributed by atoms with van der Waals surface area (Å²) in [6.45, 7) is 0. The summed E-state index contributed by atoms with van der Waals surface area (Å²) in [5.41, 5.74) is 3.41. The Morgan fingerprint density at radius 3 is 2.17 bits per heavy atom. The fraction of sp³-hybridized carbons (Fsp3) is 0.100. The van der Waals surface area contributed by atoms with E-state index in [1.807, 2.05) is 30.3 Å². The van der Waals surface area contributed by atoms with Crippen molar-refractivity contribution in [1.29, 1.82) is 0 Å². The van der Waals surface area contributed by atoms with Crippen LogP contribution in [0.5, 0.6) is 0 Å². The van der Waals surface area contributed by atoms with Crippen LogP contribution in [0.2, 0.25) is 0 Å². The first-order chi connectivity index (χ1) is 11.5.